The van der Waals surface area contributed by atoms with Gasteiger partial charge in [-0.2, -0.15) is 0 Å². The summed E-state index contributed by atoms with van der Waals surface area (Å²) < 4.78 is 44.7. The number of aryl methyl sites for hydroxylation is 2. The zero-order chi connectivity index (χ0) is 23.4. The highest BCUT2D eigenvalue weighted by Gasteiger charge is 2.20. The summed E-state index contributed by atoms with van der Waals surface area (Å²) in [5, 5.41) is 0.0866. The third-order valence-corrected chi connectivity index (χ3v) is 7.15. The van der Waals surface area contributed by atoms with Gasteiger partial charge in [-0.3, -0.25) is 0 Å². The SMILES string of the molecule is C=CCCc1ccc2cc(-c3ccc(CCC4CCC(C=C)CC4)cc3)c(F)c(F)c2c1F. The van der Waals surface area contributed by atoms with Gasteiger partial charge in [-0.15, -0.1) is 13.2 Å². The van der Waals surface area contributed by atoms with Crippen molar-refractivity contribution in [2.24, 2.45) is 11.8 Å². The Bertz CT molecular complexity index is 1140. The van der Waals surface area contributed by atoms with Crippen LogP contribution in [-0.2, 0) is 12.8 Å². The van der Waals surface area contributed by atoms with Gasteiger partial charge in [-0.25, -0.2) is 13.2 Å². The van der Waals surface area contributed by atoms with Crippen LogP contribution in [0.4, 0.5) is 13.2 Å². The molecule has 4 rings (SSSR count). The monoisotopic (exact) mass is 448 g/mol. The van der Waals surface area contributed by atoms with Gasteiger partial charge >= 0.3 is 0 Å². The minimum atomic E-state index is -1.13. The highest BCUT2D eigenvalue weighted by atomic mass is 19.2. The van der Waals surface area contributed by atoms with Gasteiger partial charge in [0.2, 0.25) is 0 Å². The van der Waals surface area contributed by atoms with Crippen LogP contribution < -0.4 is 0 Å². The summed E-state index contributed by atoms with van der Waals surface area (Å²) in [5.41, 5.74) is 2.33. The average molecular weight is 449 g/mol. The summed E-state index contributed by atoms with van der Waals surface area (Å²) in [5.74, 6) is -1.40. The molecule has 1 saturated carbocycles. The minimum absolute atomic E-state index is 0.160. The van der Waals surface area contributed by atoms with Crippen molar-refractivity contribution in [3.63, 3.8) is 0 Å². The van der Waals surface area contributed by atoms with E-state index in [9.17, 15) is 13.2 Å². The Kier molecular flexibility index (Phi) is 7.37. The van der Waals surface area contributed by atoms with Gasteiger partial charge in [-0.1, -0.05) is 48.6 Å². The van der Waals surface area contributed by atoms with Crippen LogP contribution >= 0.6 is 0 Å². The number of halogens is 3. The molecule has 0 atom stereocenters. The zero-order valence-electron chi connectivity index (χ0n) is 19.1. The van der Waals surface area contributed by atoms with Crippen molar-refractivity contribution in [3.8, 4) is 11.1 Å². The van der Waals surface area contributed by atoms with Crippen LogP contribution in [-0.4, -0.2) is 0 Å². The molecule has 33 heavy (non-hydrogen) atoms. The fourth-order valence-corrected chi connectivity index (χ4v) is 5.02. The normalized spacial score (nSPS) is 18.4. The average Bonchev–Trinajstić information content (AvgIpc) is 2.85. The van der Waals surface area contributed by atoms with E-state index >= 15 is 0 Å². The predicted molar refractivity (Wildman–Crippen MR) is 132 cm³/mol. The van der Waals surface area contributed by atoms with Crippen molar-refractivity contribution in [3.05, 3.63) is 96.4 Å². The molecule has 0 bridgehead atoms. The molecule has 0 heterocycles. The van der Waals surface area contributed by atoms with Gasteiger partial charge < -0.3 is 0 Å². The summed E-state index contributed by atoms with van der Waals surface area (Å²) in [6.07, 6.45) is 11.8. The largest absolute Gasteiger partial charge is 0.206 e. The van der Waals surface area contributed by atoms with Crippen LogP contribution in [0.1, 0.15) is 49.7 Å². The Labute approximate surface area is 194 Å². The molecular weight excluding hydrogens is 417 g/mol. The van der Waals surface area contributed by atoms with Gasteiger partial charge in [0.05, 0.1) is 5.39 Å². The van der Waals surface area contributed by atoms with Gasteiger partial charge in [0.25, 0.3) is 0 Å². The molecule has 3 heteroatoms. The quantitative estimate of drug-likeness (QED) is 0.302. The van der Waals surface area contributed by atoms with Crippen LogP contribution in [0, 0.1) is 29.3 Å². The first-order chi connectivity index (χ1) is 16.0. The highest BCUT2D eigenvalue weighted by molar-refractivity contribution is 5.89. The number of hydrogen-bond donors (Lipinski definition) is 0. The van der Waals surface area contributed by atoms with Gasteiger partial charge in [0, 0.05) is 5.56 Å². The van der Waals surface area contributed by atoms with Crippen molar-refractivity contribution in [2.75, 3.05) is 0 Å². The number of fused-ring (bicyclic) bond motifs is 1. The van der Waals surface area contributed by atoms with E-state index < -0.39 is 17.5 Å². The van der Waals surface area contributed by atoms with E-state index in [1.54, 1.807) is 24.3 Å². The molecule has 172 valence electrons. The first-order valence-electron chi connectivity index (χ1n) is 11.9. The van der Waals surface area contributed by atoms with E-state index in [2.05, 4.69) is 19.2 Å². The predicted octanol–water partition coefficient (Wildman–Crippen LogP) is 8.97. The van der Waals surface area contributed by atoms with Crippen molar-refractivity contribution in [2.45, 2.75) is 51.4 Å². The lowest BCUT2D eigenvalue weighted by atomic mass is 9.79. The summed E-state index contributed by atoms with van der Waals surface area (Å²) in [7, 11) is 0. The molecular formula is C30H31F3. The molecule has 0 amide bonds. The molecule has 1 aliphatic carbocycles. The minimum Gasteiger partial charge on any atom is -0.206 e. The van der Waals surface area contributed by atoms with E-state index in [-0.39, 0.29) is 10.9 Å². The van der Waals surface area contributed by atoms with Crippen LogP contribution in [0.2, 0.25) is 0 Å². The molecule has 3 aromatic carbocycles. The lowest BCUT2D eigenvalue weighted by molar-refractivity contribution is 0.296. The van der Waals surface area contributed by atoms with Gasteiger partial charge in [-0.05, 0) is 91.3 Å². The Morgan fingerprint density at radius 1 is 0.818 bits per heavy atom. The zero-order valence-corrected chi connectivity index (χ0v) is 19.1. The standard InChI is InChI=1S/C30H31F3/c1-3-5-6-24-17-18-25-19-26(29(32)30(33)27(25)28(24)31)23-15-13-22(14-16-23)12-11-21-9-7-20(4-2)8-10-21/h3-4,13-21H,1-2,5-12H2. The lowest BCUT2D eigenvalue weighted by Crippen LogP contribution is -2.13. The van der Waals surface area contributed by atoms with Crippen molar-refractivity contribution in [1.29, 1.82) is 0 Å². The number of benzene rings is 3. The lowest BCUT2D eigenvalue weighted by Gasteiger charge is -2.26. The molecule has 0 saturated heterocycles. The number of hydrogen-bond acceptors (Lipinski definition) is 0. The fraction of sp³-hybridized carbons (Fsp3) is 0.333. The Hall–Kier alpha value is -2.81. The first-order valence-corrected chi connectivity index (χ1v) is 11.9. The molecule has 0 spiro atoms. The van der Waals surface area contributed by atoms with Crippen LogP contribution in [0.5, 0.6) is 0 Å². The summed E-state index contributed by atoms with van der Waals surface area (Å²) in [4.78, 5) is 0. The van der Waals surface area contributed by atoms with E-state index in [4.69, 9.17) is 0 Å². The van der Waals surface area contributed by atoms with E-state index in [1.165, 1.54) is 31.2 Å². The Balaban J connectivity index is 1.52. The summed E-state index contributed by atoms with van der Waals surface area (Å²) in [6.45, 7) is 7.54. The van der Waals surface area contributed by atoms with Crippen molar-refractivity contribution in [1.82, 2.24) is 0 Å². The van der Waals surface area contributed by atoms with E-state index in [0.717, 1.165) is 18.8 Å². The van der Waals surface area contributed by atoms with Gasteiger partial charge in [0.15, 0.2) is 11.6 Å². The van der Waals surface area contributed by atoms with Gasteiger partial charge in [0.1, 0.15) is 5.82 Å². The molecule has 3 aromatic rings. The van der Waals surface area contributed by atoms with Crippen molar-refractivity contribution >= 4 is 10.8 Å². The summed E-state index contributed by atoms with van der Waals surface area (Å²) >= 11 is 0. The second kappa shape index (κ2) is 10.4. The first kappa shape index (κ1) is 23.4. The number of rotatable bonds is 8. The topological polar surface area (TPSA) is 0 Å². The van der Waals surface area contributed by atoms with E-state index in [1.807, 2.05) is 24.3 Å². The van der Waals surface area contributed by atoms with Crippen LogP contribution in [0.25, 0.3) is 21.9 Å². The maximum absolute atomic E-state index is 15.0. The third kappa shape index (κ3) is 5.08. The second-order valence-corrected chi connectivity index (χ2v) is 9.27. The number of allylic oxidation sites excluding steroid dienone is 2. The highest BCUT2D eigenvalue weighted by Crippen LogP contribution is 2.35. The third-order valence-electron chi connectivity index (χ3n) is 7.15. The smallest absolute Gasteiger partial charge is 0.170 e. The molecule has 1 aliphatic rings. The maximum Gasteiger partial charge on any atom is 0.170 e. The van der Waals surface area contributed by atoms with Crippen LogP contribution in [0.3, 0.4) is 0 Å². The molecule has 0 radical (unpaired) electrons. The molecule has 0 aliphatic heterocycles. The molecule has 0 N–H and O–H groups in total. The molecule has 0 nitrogen and oxygen atoms in total. The maximum atomic E-state index is 15.0. The van der Waals surface area contributed by atoms with E-state index in [0.29, 0.717) is 35.3 Å². The molecule has 0 unspecified atom stereocenters. The second-order valence-electron chi connectivity index (χ2n) is 9.27. The van der Waals surface area contributed by atoms with Crippen molar-refractivity contribution < 1.29 is 13.2 Å². The Morgan fingerprint density at radius 2 is 1.55 bits per heavy atom. The summed E-state index contributed by atoms with van der Waals surface area (Å²) in [6, 6.07) is 12.5. The van der Waals surface area contributed by atoms with Crippen LogP contribution in [0.15, 0.2) is 67.8 Å². The Morgan fingerprint density at radius 3 is 2.21 bits per heavy atom. The molecule has 1 fully saturated rings. The molecule has 0 aromatic heterocycles. The fourth-order valence-electron chi connectivity index (χ4n) is 5.02.